The number of hydrogen-bond acceptors (Lipinski definition) is 10. The molecule has 4 amide bonds. The zero-order valence-electron chi connectivity index (χ0n) is 23.2. The number of unbranched alkanes of at least 4 members (excludes halogenated alkanes) is 1. The third-order valence-corrected chi connectivity index (χ3v) is 5.63. The number of carbonyl (C=O) groups excluding carboxylic acids is 4. The highest BCUT2D eigenvalue weighted by molar-refractivity contribution is 5.96. The van der Waals surface area contributed by atoms with Crippen LogP contribution in [0.25, 0.3) is 0 Å². The maximum absolute atomic E-state index is 13.2. The van der Waals surface area contributed by atoms with Crippen LogP contribution in [0.3, 0.4) is 0 Å². The predicted molar refractivity (Wildman–Crippen MR) is 146 cm³/mol. The Hall–Kier alpha value is -4.03. The molecule has 0 rings (SSSR count). The molecule has 18 nitrogen and oxygen atoms in total. The number of guanidine groups is 1. The third-order valence-electron chi connectivity index (χ3n) is 5.63. The van der Waals surface area contributed by atoms with Crippen molar-refractivity contribution in [1.29, 1.82) is 0 Å². The normalized spacial score (nSPS) is 15.1. The standard InChI is InChI=1S/C23H43N9O9/c1-11(25)18(36)32-17(12(2)33)21(39)29-13(7-5-9-28-23(26)27)19(37)31-15(10-16(34)35)20(38)30-14(22(40)41)6-3-4-8-24/h11-15,17,33H,3-10,24-25H2,1-2H3,(H,29,39)(H,30,38)(H,31,37)(H,32,36)(H,34,35)(H,40,41)(H4,26,27,28)/t11-,12+,13-,14-,15-,17-/m0/s1. The summed E-state index contributed by atoms with van der Waals surface area (Å²) in [6.07, 6.45) is -1.39. The van der Waals surface area contributed by atoms with Gasteiger partial charge in [-0.2, -0.15) is 0 Å². The minimum absolute atomic E-state index is 0.0172. The number of aliphatic imine (C=N–C) groups is 1. The minimum atomic E-state index is -1.71. The largest absolute Gasteiger partial charge is 0.481 e. The van der Waals surface area contributed by atoms with Gasteiger partial charge in [-0.3, -0.25) is 29.0 Å². The zero-order valence-corrected chi connectivity index (χ0v) is 23.2. The van der Waals surface area contributed by atoms with Crippen LogP contribution in [0.2, 0.25) is 0 Å². The van der Waals surface area contributed by atoms with Crippen LogP contribution in [0.1, 0.15) is 52.4 Å². The Labute approximate surface area is 237 Å². The van der Waals surface area contributed by atoms with Crippen LogP contribution in [-0.4, -0.2) is 106 Å². The Morgan fingerprint density at radius 2 is 1.29 bits per heavy atom. The van der Waals surface area contributed by atoms with Crippen molar-refractivity contribution in [3.05, 3.63) is 0 Å². The molecule has 0 bridgehead atoms. The van der Waals surface area contributed by atoms with E-state index < -0.39 is 78.3 Å². The Morgan fingerprint density at radius 1 is 0.756 bits per heavy atom. The molecule has 41 heavy (non-hydrogen) atoms. The molecule has 0 saturated carbocycles. The van der Waals surface area contributed by atoms with E-state index in [0.29, 0.717) is 19.4 Å². The fraction of sp³-hybridized carbons (Fsp3) is 0.696. The van der Waals surface area contributed by atoms with Crippen molar-refractivity contribution in [2.45, 2.75) is 88.7 Å². The molecule has 0 unspecified atom stereocenters. The molecule has 234 valence electrons. The van der Waals surface area contributed by atoms with Gasteiger partial charge in [0, 0.05) is 6.54 Å². The summed E-state index contributed by atoms with van der Waals surface area (Å²) in [5.74, 6) is -6.85. The number of nitrogens with two attached hydrogens (primary N) is 4. The number of nitrogens with one attached hydrogen (secondary N) is 4. The Morgan fingerprint density at radius 3 is 1.78 bits per heavy atom. The van der Waals surface area contributed by atoms with E-state index in [4.69, 9.17) is 22.9 Å². The molecule has 0 aromatic rings. The van der Waals surface area contributed by atoms with Gasteiger partial charge in [0.15, 0.2) is 5.96 Å². The monoisotopic (exact) mass is 589 g/mol. The van der Waals surface area contributed by atoms with E-state index in [0.717, 1.165) is 0 Å². The number of carboxylic acid groups (broad SMARTS) is 2. The van der Waals surface area contributed by atoms with Gasteiger partial charge in [-0.1, -0.05) is 0 Å². The Balaban J connectivity index is 5.89. The average molecular weight is 590 g/mol. The fourth-order valence-electron chi connectivity index (χ4n) is 3.40. The van der Waals surface area contributed by atoms with E-state index in [1.807, 2.05) is 0 Å². The van der Waals surface area contributed by atoms with Gasteiger partial charge in [0.2, 0.25) is 23.6 Å². The van der Waals surface area contributed by atoms with Crippen LogP contribution in [0.5, 0.6) is 0 Å². The molecule has 0 aliphatic heterocycles. The number of amides is 4. The van der Waals surface area contributed by atoms with Crippen molar-refractivity contribution in [3.8, 4) is 0 Å². The van der Waals surface area contributed by atoms with Gasteiger partial charge in [0.05, 0.1) is 18.6 Å². The second kappa shape index (κ2) is 19.1. The predicted octanol–water partition coefficient (Wildman–Crippen LogP) is -4.60. The van der Waals surface area contributed by atoms with Crippen LogP contribution in [0.4, 0.5) is 0 Å². The first-order chi connectivity index (χ1) is 19.1. The van der Waals surface area contributed by atoms with Crippen molar-refractivity contribution in [2.75, 3.05) is 13.1 Å². The van der Waals surface area contributed by atoms with Gasteiger partial charge in [-0.05, 0) is 52.5 Å². The van der Waals surface area contributed by atoms with E-state index in [9.17, 15) is 44.1 Å². The van der Waals surface area contributed by atoms with Crippen LogP contribution < -0.4 is 44.2 Å². The van der Waals surface area contributed by atoms with Gasteiger partial charge in [0.1, 0.15) is 24.2 Å². The second-order valence-corrected chi connectivity index (χ2v) is 9.37. The van der Waals surface area contributed by atoms with Gasteiger partial charge < -0.3 is 59.5 Å². The van der Waals surface area contributed by atoms with E-state index in [1.54, 1.807) is 0 Å². The first-order valence-electron chi connectivity index (χ1n) is 13.0. The first-order valence-corrected chi connectivity index (χ1v) is 13.0. The van der Waals surface area contributed by atoms with Crippen LogP contribution >= 0.6 is 0 Å². The fourth-order valence-corrected chi connectivity index (χ4v) is 3.40. The molecule has 0 aromatic heterocycles. The smallest absolute Gasteiger partial charge is 0.326 e. The summed E-state index contributed by atoms with van der Waals surface area (Å²) in [5, 5.41) is 37.8. The summed E-state index contributed by atoms with van der Waals surface area (Å²) in [5.41, 5.74) is 21.5. The summed E-state index contributed by atoms with van der Waals surface area (Å²) >= 11 is 0. The number of nitrogens with zero attached hydrogens (tertiary/aromatic N) is 1. The SMILES string of the molecule is C[C@H](N)C(=O)N[C@H](C(=O)N[C@@H](CCCN=C(N)N)C(=O)N[C@@H](CC(=O)O)C(=O)N[C@@H](CCCCN)C(=O)O)[C@@H](C)O. The number of carbonyl (C=O) groups is 6. The van der Waals surface area contributed by atoms with Crippen LogP contribution in [0, 0.1) is 0 Å². The zero-order chi connectivity index (χ0) is 31.7. The van der Waals surface area contributed by atoms with Gasteiger partial charge >= 0.3 is 11.9 Å². The van der Waals surface area contributed by atoms with Crippen molar-refractivity contribution in [2.24, 2.45) is 27.9 Å². The molecule has 18 heteroatoms. The van der Waals surface area contributed by atoms with Gasteiger partial charge in [-0.15, -0.1) is 0 Å². The van der Waals surface area contributed by atoms with E-state index in [1.165, 1.54) is 13.8 Å². The highest BCUT2D eigenvalue weighted by Gasteiger charge is 2.33. The number of hydrogen-bond donors (Lipinski definition) is 11. The molecular weight excluding hydrogens is 546 g/mol. The molecule has 0 aliphatic rings. The van der Waals surface area contributed by atoms with Crippen LogP contribution in [0.15, 0.2) is 4.99 Å². The molecule has 0 heterocycles. The highest BCUT2D eigenvalue weighted by atomic mass is 16.4. The average Bonchev–Trinajstić information content (AvgIpc) is 2.86. The highest BCUT2D eigenvalue weighted by Crippen LogP contribution is 2.06. The number of aliphatic hydroxyl groups excluding tert-OH is 1. The molecular formula is C23H43N9O9. The van der Waals surface area contributed by atoms with Crippen LogP contribution in [-0.2, 0) is 28.8 Å². The maximum Gasteiger partial charge on any atom is 0.326 e. The van der Waals surface area contributed by atoms with Gasteiger partial charge in [0.25, 0.3) is 0 Å². The summed E-state index contributed by atoms with van der Waals surface area (Å²) in [6, 6.07) is -7.00. The summed E-state index contributed by atoms with van der Waals surface area (Å²) in [4.78, 5) is 77.7. The lowest BCUT2D eigenvalue weighted by molar-refractivity contribution is -0.144. The minimum Gasteiger partial charge on any atom is -0.481 e. The number of rotatable bonds is 20. The lowest BCUT2D eigenvalue weighted by atomic mass is 10.1. The van der Waals surface area contributed by atoms with Crippen molar-refractivity contribution in [1.82, 2.24) is 21.3 Å². The summed E-state index contributed by atoms with van der Waals surface area (Å²) in [6.45, 7) is 2.93. The molecule has 0 radical (unpaired) electrons. The van der Waals surface area contributed by atoms with E-state index >= 15 is 0 Å². The van der Waals surface area contributed by atoms with Gasteiger partial charge in [-0.25, -0.2) is 4.79 Å². The molecule has 0 spiro atoms. The number of aliphatic carboxylic acids is 2. The number of aliphatic hydroxyl groups is 1. The lowest BCUT2D eigenvalue weighted by Gasteiger charge is -2.26. The first kappa shape index (κ1) is 37.0. The van der Waals surface area contributed by atoms with Crippen molar-refractivity contribution < 1.29 is 44.1 Å². The van der Waals surface area contributed by atoms with E-state index in [2.05, 4.69) is 26.3 Å². The van der Waals surface area contributed by atoms with Crippen molar-refractivity contribution in [3.63, 3.8) is 0 Å². The molecule has 0 aliphatic carbocycles. The molecule has 6 atom stereocenters. The topological polar surface area (TPSA) is 328 Å². The molecule has 15 N–H and O–H groups in total. The van der Waals surface area contributed by atoms with E-state index in [-0.39, 0.29) is 31.8 Å². The Kier molecular flexibility index (Phi) is 17.2. The summed E-state index contributed by atoms with van der Waals surface area (Å²) < 4.78 is 0. The summed E-state index contributed by atoms with van der Waals surface area (Å²) in [7, 11) is 0. The molecule has 0 aromatic carbocycles. The third kappa shape index (κ3) is 15.4. The Bertz CT molecular complexity index is 940. The lowest BCUT2D eigenvalue weighted by Crippen LogP contribution is -2.60. The second-order valence-electron chi connectivity index (χ2n) is 9.37. The molecule has 0 saturated heterocycles. The number of carboxylic acids is 2. The van der Waals surface area contributed by atoms with Crippen molar-refractivity contribution >= 4 is 41.5 Å². The molecule has 0 fully saturated rings. The quantitative estimate of drug-likeness (QED) is 0.0362. The maximum atomic E-state index is 13.2.